The van der Waals surface area contributed by atoms with Gasteiger partial charge < -0.3 is 14.8 Å². The number of hydrogen-bond donors (Lipinski definition) is 1. The Morgan fingerprint density at radius 2 is 1.75 bits per heavy atom. The lowest BCUT2D eigenvalue weighted by Crippen LogP contribution is -1.99. The zero-order valence-corrected chi connectivity index (χ0v) is 13.4. The molecule has 1 N–H and O–H groups in total. The van der Waals surface area contributed by atoms with E-state index in [1.165, 1.54) is 9.75 Å². The summed E-state index contributed by atoms with van der Waals surface area (Å²) in [6, 6.07) is 7.92. The number of aryl methyl sites for hydroxylation is 1. The van der Waals surface area contributed by atoms with E-state index in [2.05, 4.69) is 24.4 Å². The van der Waals surface area contributed by atoms with Crippen molar-refractivity contribution in [2.24, 2.45) is 0 Å². The zero-order chi connectivity index (χ0) is 14.5. The molecule has 20 heavy (non-hydrogen) atoms. The number of hydrogen-bond acceptors (Lipinski definition) is 4. The predicted molar refractivity (Wildman–Crippen MR) is 85.6 cm³/mol. The summed E-state index contributed by atoms with van der Waals surface area (Å²) in [5, 5.41) is 3.96. The third-order valence-corrected chi connectivity index (χ3v) is 4.53. The number of rotatable bonds is 6. The van der Waals surface area contributed by atoms with Gasteiger partial charge in [-0.2, -0.15) is 0 Å². The van der Waals surface area contributed by atoms with Crippen LogP contribution in [0.3, 0.4) is 0 Å². The van der Waals surface area contributed by atoms with Crippen molar-refractivity contribution >= 4 is 28.6 Å². The Morgan fingerprint density at radius 3 is 2.35 bits per heavy atom. The summed E-state index contributed by atoms with van der Waals surface area (Å²) in [4.78, 5) is 2.67. The van der Waals surface area contributed by atoms with Crippen LogP contribution >= 0.6 is 22.9 Å². The molecule has 1 aromatic heterocycles. The Kier molecular flexibility index (Phi) is 5.15. The molecule has 0 saturated heterocycles. The number of halogens is 1. The molecule has 0 saturated carbocycles. The van der Waals surface area contributed by atoms with E-state index in [1.54, 1.807) is 20.3 Å². The van der Waals surface area contributed by atoms with Gasteiger partial charge in [0.1, 0.15) is 0 Å². The number of thiophene rings is 1. The molecule has 5 heteroatoms. The van der Waals surface area contributed by atoms with Crippen LogP contribution in [0.2, 0.25) is 5.02 Å². The second-order valence-electron chi connectivity index (χ2n) is 4.26. The van der Waals surface area contributed by atoms with Crippen molar-refractivity contribution in [1.29, 1.82) is 0 Å². The van der Waals surface area contributed by atoms with Gasteiger partial charge in [0.25, 0.3) is 0 Å². The number of ether oxygens (including phenoxy) is 2. The fourth-order valence-corrected chi connectivity index (χ4v) is 3.00. The van der Waals surface area contributed by atoms with Crippen molar-refractivity contribution in [1.82, 2.24) is 0 Å². The van der Waals surface area contributed by atoms with Crippen LogP contribution in [-0.2, 0) is 13.0 Å². The number of benzene rings is 1. The van der Waals surface area contributed by atoms with Crippen molar-refractivity contribution < 1.29 is 9.47 Å². The molecule has 0 amide bonds. The molecule has 0 atom stereocenters. The molecule has 2 aromatic rings. The van der Waals surface area contributed by atoms with Gasteiger partial charge in [0.2, 0.25) is 0 Å². The van der Waals surface area contributed by atoms with Crippen molar-refractivity contribution in [2.45, 2.75) is 19.9 Å². The van der Waals surface area contributed by atoms with Crippen molar-refractivity contribution in [2.75, 3.05) is 19.5 Å². The van der Waals surface area contributed by atoms with Gasteiger partial charge in [0.15, 0.2) is 11.5 Å². The summed E-state index contributed by atoms with van der Waals surface area (Å²) in [6.45, 7) is 2.91. The monoisotopic (exact) mass is 311 g/mol. The van der Waals surface area contributed by atoms with E-state index < -0.39 is 0 Å². The van der Waals surface area contributed by atoms with Crippen LogP contribution in [0.5, 0.6) is 11.5 Å². The van der Waals surface area contributed by atoms with Crippen LogP contribution in [-0.4, -0.2) is 14.2 Å². The molecule has 3 nitrogen and oxygen atoms in total. The average Bonchev–Trinajstić information content (AvgIpc) is 2.93. The molecule has 0 radical (unpaired) electrons. The molecule has 0 aliphatic rings. The first-order chi connectivity index (χ1) is 9.67. The van der Waals surface area contributed by atoms with Crippen molar-refractivity contribution in [3.05, 3.63) is 39.0 Å². The Labute approximate surface area is 128 Å². The summed E-state index contributed by atoms with van der Waals surface area (Å²) >= 11 is 8.06. The van der Waals surface area contributed by atoms with E-state index in [9.17, 15) is 0 Å². The van der Waals surface area contributed by atoms with Gasteiger partial charge in [-0.15, -0.1) is 11.3 Å². The number of methoxy groups -OCH3 is 2. The summed E-state index contributed by atoms with van der Waals surface area (Å²) in [5.41, 5.74) is 0.843. The van der Waals surface area contributed by atoms with Gasteiger partial charge in [-0.05, 0) is 18.6 Å². The van der Waals surface area contributed by atoms with Crippen LogP contribution < -0.4 is 14.8 Å². The summed E-state index contributed by atoms with van der Waals surface area (Å²) in [7, 11) is 3.21. The SMILES string of the molecule is CCc1ccc(CNc2cc(OC)c(OC)cc2Cl)s1. The van der Waals surface area contributed by atoms with E-state index in [4.69, 9.17) is 21.1 Å². The molecule has 0 aliphatic carbocycles. The fourth-order valence-electron chi connectivity index (χ4n) is 1.88. The van der Waals surface area contributed by atoms with Crippen LogP contribution in [0.4, 0.5) is 5.69 Å². The molecule has 1 aromatic carbocycles. The summed E-state index contributed by atoms with van der Waals surface area (Å²) < 4.78 is 10.5. The Hall–Kier alpha value is -1.39. The van der Waals surface area contributed by atoms with E-state index in [-0.39, 0.29) is 0 Å². The first kappa shape index (κ1) is 15.0. The van der Waals surface area contributed by atoms with Crippen LogP contribution in [0.25, 0.3) is 0 Å². The van der Waals surface area contributed by atoms with Gasteiger partial charge in [-0.1, -0.05) is 18.5 Å². The molecule has 0 spiro atoms. The molecule has 0 unspecified atom stereocenters. The Balaban J connectivity index is 2.12. The van der Waals surface area contributed by atoms with Gasteiger partial charge in [-0.3, -0.25) is 0 Å². The number of nitrogens with one attached hydrogen (secondary N) is 1. The van der Waals surface area contributed by atoms with E-state index in [0.717, 1.165) is 18.7 Å². The van der Waals surface area contributed by atoms with Gasteiger partial charge in [-0.25, -0.2) is 0 Å². The minimum Gasteiger partial charge on any atom is -0.493 e. The lowest BCUT2D eigenvalue weighted by atomic mass is 10.2. The zero-order valence-electron chi connectivity index (χ0n) is 11.8. The standard InChI is InChI=1S/C15H18ClNO2S/c1-4-10-5-6-11(20-10)9-17-13-8-15(19-3)14(18-2)7-12(13)16/h5-8,17H,4,9H2,1-3H3. The third kappa shape index (κ3) is 3.38. The first-order valence-electron chi connectivity index (χ1n) is 6.41. The van der Waals surface area contributed by atoms with E-state index >= 15 is 0 Å². The lowest BCUT2D eigenvalue weighted by molar-refractivity contribution is 0.355. The van der Waals surface area contributed by atoms with E-state index in [1.807, 2.05) is 17.4 Å². The highest BCUT2D eigenvalue weighted by molar-refractivity contribution is 7.12. The summed E-state index contributed by atoms with van der Waals surface area (Å²) in [5.74, 6) is 1.30. The topological polar surface area (TPSA) is 30.5 Å². The molecular formula is C15H18ClNO2S. The van der Waals surface area contributed by atoms with Crippen LogP contribution in [0, 0.1) is 0 Å². The average molecular weight is 312 g/mol. The highest BCUT2D eigenvalue weighted by Gasteiger charge is 2.10. The molecule has 0 fully saturated rings. The maximum absolute atomic E-state index is 6.24. The Morgan fingerprint density at radius 1 is 1.10 bits per heavy atom. The second kappa shape index (κ2) is 6.86. The van der Waals surface area contributed by atoms with Crippen molar-refractivity contribution in [3.8, 4) is 11.5 Å². The maximum Gasteiger partial charge on any atom is 0.162 e. The minimum absolute atomic E-state index is 0.620. The van der Waals surface area contributed by atoms with Crippen LogP contribution in [0.15, 0.2) is 24.3 Å². The quantitative estimate of drug-likeness (QED) is 0.846. The smallest absolute Gasteiger partial charge is 0.162 e. The fraction of sp³-hybridized carbons (Fsp3) is 0.333. The van der Waals surface area contributed by atoms with Crippen molar-refractivity contribution in [3.63, 3.8) is 0 Å². The molecular weight excluding hydrogens is 294 g/mol. The third-order valence-electron chi connectivity index (χ3n) is 2.99. The Bertz CT molecular complexity index is 583. The first-order valence-corrected chi connectivity index (χ1v) is 7.60. The van der Waals surface area contributed by atoms with Gasteiger partial charge in [0.05, 0.1) is 24.9 Å². The lowest BCUT2D eigenvalue weighted by Gasteiger charge is -2.12. The minimum atomic E-state index is 0.620. The maximum atomic E-state index is 6.24. The molecule has 0 bridgehead atoms. The highest BCUT2D eigenvalue weighted by atomic mass is 35.5. The predicted octanol–water partition coefficient (Wildman–Crippen LogP) is 4.59. The molecule has 108 valence electrons. The normalized spacial score (nSPS) is 10.4. The number of anilines is 1. The molecule has 1 heterocycles. The largest absolute Gasteiger partial charge is 0.493 e. The highest BCUT2D eigenvalue weighted by Crippen LogP contribution is 2.36. The second-order valence-corrected chi connectivity index (χ2v) is 5.92. The van der Waals surface area contributed by atoms with E-state index in [0.29, 0.717) is 16.5 Å². The van der Waals surface area contributed by atoms with Gasteiger partial charge >= 0.3 is 0 Å². The summed E-state index contributed by atoms with van der Waals surface area (Å²) in [6.07, 6.45) is 1.07. The van der Waals surface area contributed by atoms with Crippen LogP contribution in [0.1, 0.15) is 16.7 Å². The molecule has 0 aliphatic heterocycles. The molecule has 2 rings (SSSR count). The van der Waals surface area contributed by atoms with Gasteiger partial charge in [0, 0.05) is 28.4 Å².